The zero-order chi connectivity index (χ0) is 19.4. The topological polar surface area (TPSA) is 75.0 Å². The smallest absolute Gasteiger partial charge is 0.246 e. The van der Waals surface area contributed by atoms with Gasteiger partial charge in [0.25, 0.3) is 0 Å². The summed E-state index contributed by atoms with van der Waals surface area (Å²) in [4.78, 5) is 20.7. The number of piperazine rings is 1. The first-order valence-electron chi connectivity index (χ1n) is 8.89. The number of carbonyl (C=O) groups is 1. The van der Waals surface area contributed by atoms with E-state index in [-0.39, 0.29) is 12.5 Å². The monoisotopic (exact) mass is 370 g/mol. The average Bonchev–Trinajstić information content (AvgIpc) is 3.08. The van der Waals surface area contributed by atoms with Gasteiger partial charge in [0.05, 0.1) is 19.0 Å². The third kappa shape index (κ3) is 4.39. The summed E-state index contributed by atoms with van der Waals surface area (Å²) in [5.74, 6) is 1.59. The summed E-state index contributed by atoms with van der Waals surface area (Å²) < 4.78 is 7.03. The lowest BCUT2D eigenvalue weighted by Gasteiger charge is -2.35. The van der Waals surface area contributed by atoms with Crippen molar-refractivity contribution in [2.75, 3.05) is 38.7 Å². The SMILES string of the molecule is CN=C(NCc1cc(C)cc(OC)c1)N1CCN(c2cnn(C)c2)C(=O)C1. The molecule has 1 saturated heterocycles. The molecule has 0 bridgehead atoms. The van der Waals surface area contributed by atoms with Crippen LogP contribution < -0.4 is 15.0 Å². The second-order valence-corrected chi connectivity index (χ2v) is 6.60. The zero-order valence-corrected chi connectivity index (χ0v) is 16.3. The molecule has 3 rings (SSSR count). The van der Waals surface area contributed by atoms with Crippen molar-refractivity contribution in [3.63, 3.8) is 0 Å². The number of aromatic nitrogens is 2. The Morgan fingerprint density at radius 1 is 1.33 bits per heavy atom. The molecule has 1 aliphatic rings. The minimum atomic E-state index is 0.0365. The number of nitrogens with one attached hydrogen (secondary N) is 1. The van der Waals surface area contributed by atoms with Gasteiger partial charge >= 0.3 is 0 Å². The van der Waals surface area contributed by atoms with E-state index in [1.54, 1.807) is 29.9 Å². The first-order chi connectivity index (χ1) is 13.0. The van der Waals surface area contributed by atoms with Crippen LogP contribution in [0.2, 0.25) is 0 Å². The first kappa shape index (κ1) is 18.8. The molecule has 2 aromatic rings. The van der Waals surface area contributed by atoms with E-state index in [1.165, 1.54) is 0 Å². The van der Waals surface area contributed by atoms with Gasteiger partial charge in [-0.2, -0.15) is 5.10 Å². The molecule has 1 fully saturated rings. The maximum Gasteiger partial charge on any atom is 0.246 e. The van der Waals surface area contributed by atoms with Crippen LogP contribution in [0.15, 0.2) is 35.6 Å². The highest BCUT2D eigenvalue weighted by Crippen LogP contribution is 2.17. The van der Waals surface area contributed by atoms with Crippen LogP contribution in [0, 0.1) is 6.92 Å². The van der Waals surface area contributed by atoms with E-state index in [9.17, 15) is 4.79 Å². The number of methoxy groups -OCH3 is 1. The van der Waals surface area contributed by atoms with Gasteiger partial charge in [-0.1, -0.05) is 6.07 Å². The molecular formula is C19H26N6O2. The van der Waals surface area contributed by atoms with Crippen LogP contribution in [-0.4, -0.2) is 60.3 Å². The van der Waals surface area contributed by atoms with Gasteiger partial charge in [-0.05, 0) is 30.2 Å². The van der Waals surface area contributed by atoms with Crippen molar-refractivity contribution < 1.29 is 9.53 Å². The second kappa shape index (κ2) is 8.11. The molecule has 8 heteroatoms. The van der Waals surface area contributed by atoms with E-state index in [1.807, 2.05) is 37.2 Å². The second-order valence-electron chi connectivity index (χ2n) is 6.60. The Balaban J connectivity index is 1.62. The number of hydrogen-bond acceptors (Lipinski definition) is 4. The summed E-state index contributed by atoms with van der Waals surface area (Å²) >= 11 is 0. The van der Waals surface area contributed by atoms with Crippen LogP contribution in [0.1, 0.15) is 11.1 Å². The molecule has 2 heterocycles. The molecule has 0 aliphatic carbocycles. The van der Waals surface area contributed by atoms with Gasteiger partial charge in [-0.15, -0.1) is 0 Å². The fourth-order valence-electron chi connectivity index (χ4n) is 3.23. The van der Waals surface area contributed by atoms with Crippen molar-refractivity contribution in [1.29, 1.82) is 0 Å². The van der Waals surface area contributed by atoms with Gasteiger partial charge < -0.3 is 19.9 Å². The van der Waals surface area contributed by atoms with Gasteiger partial charge in [0, 0.05) is 39.9 Å². The molecule has 1 aliphatic heterocycles. The first-order valence-corrected chi connectivity index (χ1v) is 8.89. The lowest BCUT2D eigenvalue weighted by atomic mass is 10.1. The Kier molecular flexibility index (Phi) is 5.63. The highest BCUT2D eigenvalue weighted by Gasteiger charge is 2.27. The van der Waals surface area contributed by atoms with Crippen LogP contribution in [-0.2, 0) is 18.4 Å². The van der Waals surface area contributed by atoms with Crippen molar-refractivity contribution >= 4 is 17.6 Å². The maximum atomic E-state index is 12.6. The molecule has 0 spiro atoms. The van der Waals surface area contributed by atoms with Gasteiger partial charge in [-0.3, -0.25) is 14.5 Å². The number of anilines is 1. The predicted octanol–water partition coefficient (Wildman–Crippen LogP) is 1.16. The van der Waals surface area contributed by atoms with Gasteiger partial charge in [0.1, 0.15) is 12.3 Å². The predicted molar refractivity (Wildman–Crippen MR) is 105 cm³/mol. The molecule has 1 aromatic heterocycles. The minimum absolute atomic E-state index is 0.0365. The van der Waals surface area contributed by atoms with E-state index in [0.29, 0.717) is 19.6 Å². The summed E-state index contributed by atoms with van der Waals surface area (Å²) in [7, 11) is 5.24. The number of nitrogens with zero attached hydrogens (tertiary/aromatic N) is 5. The summed E-state index contributed by atoms with van der Waals surface area (Å²) in [6, 6.07) is 6.10. The molecular weight excluding hydrogens is 344 g/mol. The Bertz CT molecular complexity index is 844. The zero-order valence-electron chi connectivity index (χ0n) is 16.3. The summed E-state index contributed by atoms with van der Waals surface area (Å²) in [6.07, 6.45) is 3.57. The van der Waals surface area contributed by atoms with Crippen LogP contribution in [0.25, 0.3) is 0 Å². The number of ether oxygens (including phenoxy) is 1. The Hall–Kier alpha value is -3.03. The van der Waals surface area contributed by atoms with E-state index >= 15 is 0 Å². The van der Waals surface area contributed by atoms with E-state index in [4.69, 9.17) is 4.74 Å². The van der Waals surface area contributed by atoms with Crippen molar-refractivity contribution in [1.82, 2.24) is 20.0 Å². The van der Waals surface area contributed by atoms with Crippen molar-refractivity contribution in [2.24, 2.45) is 12.0 Å². The highest BCUT2D eigenvalue weighted by molar-refractivity contribution is 5.98. The molecule has 1 aromatic carbocycles. The highest BCUT2D eigenvalue weighted by atomic mass is 16.5. The molecule has 144 valence electrons. The number of rotatable bonds is 4. The van der Waals surface area contributed by atoms with Crippen LogP contribution in [0.5, 0.6) is 5.75 Å². The standard InChI is InChI=1S/C19H26N6O2/c1-14-7-15(9-17(8-14)27-4)10-21-19(20-2)24-5-6-25(18(26)13-24)16-11-22-23(3)12-16/h7-9,11-12H,5-6,10,13H2,1-4H3,(H,20,21). The van der Waals surface area contributed by atoms with E-state index < -0.39 is 0 Å². The number of aliphatic imine (C=N–C) groups is 1. The van der Waals surface area contributed by atoms with Gasteiger partial charge in [-0.25, -0.2) is 0 Å². The summed E-state index contributed by atoms with van der Waals surface area (Å²) in [5, 5.41) is 7.49. The minimum Gasteiger partial charge on any atom is -0.497 e. The number of aryl methyl sites for hydroxylation is 2. The molecule has 8 nitrogen and oxygen atoms in total. The molecule has 1 N–H and O–H groups in total. The largest absolute Gasteiger partial charge is 0.497 e. The van der Waals surface area contributed by atoms with Crippen LogP contribution in [0.4, 0.5) is 5.69 Å². The fraction of sp³-hybridized carbons (Fsp3) is 0.421. The molecule has 1 amide bonds. The van der Waals surface area contributed by atoms with Crippen LogP contribution in [0.3, 0.4) is 0 Å². The normalized spacial score (nSPS) is 15.3. The molecule has 0 radical (unpaired) electrons. The quantitative estimate of drug-likeness (QED) is 0.646. The van der Waals surface area contributed by atoms with Crippen molar-refractivity contribution in [2.45, 2.75) is 13.5 Å². The van der Waals surface area contributed by atoms with Crippen molar-refractivity contribution in [3.8, 4) is 5.75 Å². The fourth-order valence-corrected chi connectivity index (χ4v) is 3.23. The lowest BCUT2D eigenvalue weighted by molar-refractivity contribution is -0.120. The molecule has 27 heavy (non-hydrogen) atoms. The summed E-state index contributed by atoms with van der Waals surface area (Å²) in [6.45, 7) is 4.24. The number of amides is 1. The number of benzene rings is 1. The summed E-state index contributed by atoms with van der Waals surface area (Å²) in [5.41, 5.74) is 3.08. The molecule has 0 saturated carbocycles. The molecule has 0 unspecified atom stereocenters. The number of hydrogen-bond donors (Lipinski definition) is 1. The molecule has 0 atom stereocenters. The Labute approximate surface area is 159 Å². The van der Waals surface area contributed by atoms with Gasteiger partial charge in [0.15, 0.2) is 5.96 Å². The Morgan fingerprint density at radius 3 is 2.78 bits per heavy atom. The van der Waals surface area contributed by atoms with Gasteiger partial charge in [0.2, 0.25) is 5.91 Å². The number of carbonyl (C=O) groups excluding carboxylic acids is 1. The van der Waals surface area contributed by atoms with Crippen LogP contribution >= 0.6 is 0 Å². The van der Waals surface area contributed by atoms with E-state index in [0.717, 1.165) is 28.5 Å². The lowest BCUT2D eigenvalue weighted by Crippen LogP contribution is -2.55. The van der Waals surface area contributed by atoms with Crippen molar-refractivity contribution in [3.05, 3.63) is 41.7 Å². The maximum absolute atomic E-state index is 12.6. The number of guanidine groups is 1. The van der Waals surface area contributed by atoms with E-state index in [2.05, 4.69) is 21.5 Å². The average molecular weight is 370 g/mol. The third-order valence-electron chi connectivity index (χ3n) is 4.53. The Morgan fingerprint density at radius 2 is 2.15 bits per heavy atom. The third-order valence-corrected chi connectivity index (χ3v) is 4.53.